The third-order valence-electron chi connectivity index (χ3n) is 1.40. The molecule has 9 heavy (non-hydrogen) atoms. The van der Waals surface area contributed by atoms with E-state index in [2.05, 4.69) is 12.1 Å². The number of nitrogens with zero attached hydrogens (tertiary/aromatic N) is 1. The molecule has 1 aliphatic rings. The fraction of sp³-hybridized carbons (Fsp3) is 0.429. The highest BCUT2D eigenvalue weighted by Gasteiger charge is 2.01. The van der Waals surface area contributed by atoms with E-state index in [0.29, 0.717) is 11.6 Å². The molecule has 2 heteroatoms. The second kappa shape index (κ2) is 2.58. The smallest absolute Gasteiger partial charge is 0.103 e. The number of hydrogen-bond donors (Lipinski definition) is 0. The minimum atomic E-state index is 0.563. The van der Waals surface area contributed by atoms with E-state index in [1.165, 1.54) is 0 Å². The van der Waals surface area contributed by atoms with Gasteiger partial charge in [-0.15, -0.1) is 4.91 Å². The summed E-state index contributed by atoms with van der Waals surface area (Å²) in [7, 11) is 0. The Balaban J connectivity index is 2.62. The van der Waals surface area contributed by atoms with E-state index >= 15 is 0 Å². The van der Waals surface area contributed by atoms with E-state index in [1.807, 2.05) is 12.2 Å². The minimum Gasteiger partial charge on any atom is -0.145 e. The molecule has 48 valence electrons. The predicted molar refractivity (Wildman–Crippen MR) is 36.8 cm³/mol. The first-order chi connectivity index (χ1) is 4.33. The SMILES string of the molecule is CC1C=CC(N=O)=CC1. The van der Waals surface area contributed by atoms with Crippen molar-refractivity contribution in [3.8, 4) is 0 Å². The van der Waals surface area contributed by atoms with Gasteiger partial charge in [0.1, 0.15) is 5.70 Å². The highest BCUT2D eigenvalue weighted by atomic mass is 16.3. The van der Waals surface area contributed by atoms with Crippen molar-refractivity contribution in [2.45, 2.75) is 13.3 Å². The molecule has 0 spiro atoms. The third kappa shape index (κ3) is 1.49. The lowest BCUT2D eigenvalue weighted by molar-refractivity contribution is 0.729. The quantitative estimate of drug-likeness (QED) is 0.491. The van der Waals surface area contributed by atoms with Crippen molar-refractivity contribution in [1.82, 2.24) is 0 Å². The van der Waals surface area contributed by atoms with Gasteiger partial charge in [0.2, 0.25) is 0 Å². The first-order valence-corrected chi connectivity index (χ1v) is 3.04. The summed E-state index contributed by atoms with van der Waals surface area (Å²) in [4.78, 5) is 9.90. The molecule has 0 aliphatic heterocycles. The van der Waals surface area contributed by atoms with Gasteiger partial charge in [-0.25, -0.2) is 0 Å². The predicted octanol–water partition coefficient (Wildman–Crippen LogP) is 2.23. The third-order valence-corrected chi connectivity index (χ3v) is 1.40. The first kappa shape index (κ1) is 6.20. The van der Waals surface area contributed by atoms with Gasteiger partial charge in [0.15, 0.2) is 0 Å². The summed E-state index contributed by atoms with van der Waals surface area (Å²) in [5.74, 6) is 0.565. The van der Waals surface area contributed by atoms with E-state index in [1.54, 1.807) is 6.08 Å². The molecule has 0 aromatic rings. The highest BCUT2D eigenvalue weighted by molar-refractivity contribution is 5.21. The Hall–Kier alpha value is -0.920. The van der Waals surface area contributed by atoms with E-state index in [9.17, 15) is 4.91 Å². The lowest BCUT2D eigenvalue weighted by Gasteiger charge is -2.05. The number of rotatable bonds is 1. The molecule has 1 unspecified atom stereocenters. The average molecular weight is 123 g/mol. The molecular formula is C7H9NO. The van der Waals surface area contributed by atoms with Crippen LogP contribution in [0.25, 0.3) is 0 Å². The summed E-state index contributed by atoms with van der Waals surface area (Å²) < 4.78 is 0. The van der Waals surface area contributed by atoms with Crippen LogP contribution in [0.3, 0.4) is 0 Å². The molecular weight excluding hydrogens is 114 g/mol. The van der Waals surface area contributed by atoms with Crippen molar-refractivity contribution in [1.29, 1.82) is 0 Å². The van der Waals surface area contributed by atoms with Gasteiger partial charge in [-0.3, -0.25) is 0 Å². The van der Waals surface area contributed by atoms with Gasteiger partial charge in [-0.05, 0) is 23.6 Å². The Morgan fingerprint density at radius 2 is 2.56 bits per heavy atom. The van der Waals surface area contributed by atoms with E-state index in [-0.39, 0.29) is 0 Å². The van der Waals surface area contributed by atoms with Gasteiger partial charge in [-0.1, -0.05) is 19.1 Å². The maximum Gasteiger partial charge on any atom is 0.103 e. The second-order valence-electron chi connectivity index (χ2n) is 2.29. The number of nitroso groups, excluding NO2 is 1. The molecule has 0 aromatic carbocycles. The zero-order chi connectivity index (χ0) is 6.69. The van der Waals surface area contributed by atoms with Crippen molar-refractivity contribution >= 4 is 0 Å². The molecule has 1 atom stereocenters. The number of allylic oxidation sites excluding steroid dienone is 3. The topological polar surface area (TPSA) is 29.4 Å². The van der Waals surface area contributed by atoms with Crippen LogP contribution < -0.4 is 0 Å². The van der Waals surface area contributed by atoms with Crippen molar-refractivity contribution in [2.24, 2.45) is 11.1 Å². The van der Waals surface area contributed by atoms with Gasteiger partial charge < -0.3 is 0 Å². The zero-order valence-corrected chi connectivity index (χ0v) is 5.37. The van der Waals surface area contributed by atoms with Gasteiger partial charge in [0, 0.05) is 0 Å². The Morgan fingerprint density at radius 3 is 3.00 bits per heavy atom. The molecule has 1 rings (SSSR count). The van der Waals surface area contributed by atoms with E-state index in [4.69, 9.17) is 0 Å². The number of hydrogen-bond acceptors (Lipinski definition) is 2. The largest absolute Gasteiger partial charge is 0.145 e. The van der Waals surface area contributed by atoms with Crippen LogP contribution in [0.15, 0.2) is 29.1 Å². The van der Waals surface area contributed by atoms with E-state index in [0.717, 1.165) is 6.42 Å². The Bertz CT molecular complexity index is 170. The lowest BCUT2D eigenvalue weighted by Crippen LogP contribution is -1.91. The molecule has 0 saturated heterocycles. The van der Waals surface area contributed by atoms with Crippen LogP contribution in [0.1, 0.15) is 13.3 Å². The molecule has 0 bridgehead atoms. The minimum absolute atomic E-state index is 0.563. The molecule has 0 fully saturated rings. The van der Waals surface area contributed by atoms with Crippen molar-refractivity contribution in [3.05, 3.63) is 28.8 Å². The van der Waals surface area contributed by atoms with Gasteiger partial charge in [-0.2, -0.15) is 0 Å². The first-order valence-electron chi connectivity index (χ1n) is 3.04. The van der Waals surface area contributed by atoms with Crippen molar-refractivity contribution in [3.63, 3.8) is 0 Å². The van der Waals surface area contributed by atoms with Gasteiger partial charge in [0.25, 0.3) is 0 Å². The maximum atomic E-state index is 9.90. The van der Waals surface area contributed by atoms with Crippen LogP contribution in [-0.2, 0) is 0 Å². The zero-order valence-electron chi connectivity index (χ0n) is 5.37. The highest BCUT2D eigenvalue weighted by Crippen LogP contribution is 2.15. The Morgan fingerprint density at radius 1 is 1.78 bits per heavy atom. The summed E-state index contributed by atoms with van der Waals surface area (Å²) in [5.41, 5.74) is 0.563. The van der Waals surface area contributed by atoms with Crippen molar-refractivity contribution in [2.75, 3.05) is 0 Å². The van der Waals surface area contributed by atoms with Crippen molar-refractivity contribution < 1.29 is 0 Å². The maximum absolute atomic E-state index is 9.90. The molecule has 1 aliphatic carbocycles. The monoisotopic (exact) mass is 123 g/mol. The molecule has 2 nitrogen and oxygen atoms in total. The molecule has 0 heterocycles. The van der Waals surface area contributed by atoms with Gasteiger partial charge >= 0.3 is 0 Å². The fourth-order valence-electron chi connectivity index (χ4n) is 0.784. The van der Waals surface area contributed by atoms with Crippen LogP contribution in [0.2, 0.25) is 0 Å². The normalized spacial score (nSPS) is 25.4. The Labute approximate surface area is 54.2 Å². The van der Waals surface area contributed by atoms with Crippen LogP contribution in [0.4, 0.5) is 0 Å². The summed E-state index contributed by atoms with van der Waals surface area (Å²) in [6, 6.07) is 0. The second-order valence-corrected chi connectivity index (χ2v) is 2.29. The molecule has 0 N–H and O–H groups in total. The van der Waals surface area contributed by atoms with E-state index < -0.39 is 0 Å². The van der Waals surface area contributed by atoms with Crippen LogP contribution >= 0.6 is 0 Å². The molecule has 0 aromatic heterocycles. The lowest BCUT2D eigenvalue weighted by atomic mass is 10.0. The summed E-state index contributed by atoms with van der Waals surface area (Å²) >= 11 is 0. The van der Waals surface area contributed by atoms with Gasteiger partial charge in [0.05, 0.1) is 0 Å². The molecule has 0 radical (unpaired) electrons. The van der Waals surface area contributed by atoms with Crippen LogP contribution in [0, 0.1) is 10.8 Å². The standard InChI is InChI=1S/C7H9NO/c1-6-2-4-7(8-9)5-3-6/h2,4-6H,3H2,1H3. The van der Waals surface area contributed by atoms with Crippen LogP contribution in [0.5, 0.6) is 0 Å². The fourth-order valence-corrected chi connectivity index (χ4v) is 0.784. The summed E-state index contributed by atoms with van der Waals surface area (Å²) in [6.45, 7) is 2.11. The average Bonchev–Trinajstić information content (AvgIpc) is 1.90. The molecule has 0 saturated carbocycles. The summed E-state index contributed by atoms with van der Waals surface area (Å²) in [5, 5.41) is 2.81. The molecule has 0 amide bonds. The van der Waals surface area contributed by atoms with Crippen LogP contribution in [-0.4, -0.2) is 0 Å². The Kier molecular flexibility index (Phi) is 1.78. The summed E-state index contributed by atoms with van der Waals surface area (Å²) in [6.07, 6.45) is 6.56.